The van der Waals surface area contributed by atoms with Crippen LogP contribution in [0.25, 0.3) is 16.8 Å². The van der Waals surface area contributed by atoms with Crippen molar-refractivity contribution >= 4 is 72.2 Å². The molecule has 184 valence electrons. The number of amides is 4. The van der Waals surface area contributed by atoms with E-state index in [1.165, 1.54) is 30.3 Å². The van der Waals surface area contributed by atoms with Gasteiger partial charge in [0, 0.05) is 0 Å². The van der Waals surface area contributed by atoms with Gasteiger partial charge in [0.25, 0.3) is 11.8 Å². The molecule has 4 amide bonds. The third-order valence-electron chi connectivity index (χ3n) is 5.79. The first-order valence-corrected chi connectivity index (χ1v) is 12.7. The summed E-state index contributed by atoms with van der Waals surface area (Å²) in [5.41, 5.74) is 1.58. The lowest BCUT2D eigenvalue weighted by molar-refractivity contribution is -0.122. The Morgan fingerprint density at radius 3 is 2.30 bits per heavy atom. The number of carbonyl (C=O) groups is 3. The van der Waals surface area contributed by atoms with Crippen LogP contribution in [0.1, 0.15) is 11.1 Å². The molecule has 0 saturated carbocycles. The number of phenolic OH excluding ortho intramolecular Hbond substituents is 1. The average molecular weight is 622 g/mol. The number of carbonyl (C=O) groups excluding carboxylic acids is 3. The molecule has 5 rings (SSSR count). The summed E-state index contributed by atoms with van der Waals surface area (Å²) in [5.74, 6) is -1.02. The summed E-state index contributed by atoms with van der Waals surface area (Å²) < 4.78 is 7.34. The summed E-state index contributed by atoms with van der Waals surface area (Å²) in [5, 5.41) is 13.9. The monoisotopic (exact) mass is 620 g/mol. The molecule has 0 aliphatic carbocycles. The highest BCUT2D eigenvalue weighted by atomic mass is 79.9. The SMILES string of the molecule is O=C1NC(=O)N(c2ccc(O)cc2)C(=O)/C1=C/c1cc(Br)c(OCc2cccc3ccccc23)c(Br)c1. The number of rotatable bonds is 5. The van der Waals surface area contributed by atoms with Crippen LogP contribution in [0.2, 0.25) is 0 Å². The number of phenols is 1. The van der Waals surface area contributed by atoms with Gasteiger partial charge in [-0.15, -0.1) is 0 Å². The summed E-state index contributed by atoms with van der Waals surface area (Å²) in [6.45, 7) is 0.337. The second-order valence-corrected chi connectivity index (χ2v) is 9.92. The van der Waals surface area contributed by atoms with E-state index >= 15 is 0 Å². The molecular weight excluding hydrogens is 604 g/mol. The van der Waals surface area contributed by atoms with Crippen LogP contribution < -0.4 is 15.0 Å². The molecule has 4 aromatic carbocycles. The van der Waals surface area contributed by atoms with Crippen molar-refractivity contribution in [2.24, 2.45) is 0 Å². The van der Waals surface area contributed by atoms with E-state index in [-0.39, 0.29) is 17.0 Å². The molecular formula is C28H18Br2N2O5. The number of hydrogen-bond acceptors (Lipinski definition) is 5. The van der Waals surface area contributed by atoms with Crippen LogP contribution in [-0.2, 0) is 16.2 Å². The van der Waals surface area contributed by atoms with Crippen LogP contribution >= 0.6 is 31.9 Å². The van der Waals surface area contributed by atoms with E-state index in [1.807, 2.05) is 42.5 Å². The maximum Gasteiger partial charge on any atom is 0.335 e. The Morgan fingerprint density at radius 2 is 1.57 bits per heavy atom. The van der Waals surface area contributed by atoms with Crippen molar-refractivity contribution in [2.75, 3.05) is 4.90 Å². The van der Waals surface area contributed by atoms with Gasteiger partial charge in [0.2, 0.25) is 0 Å². The number of aromatic hydroxyl groups is 1. The van der Waals surface area contributed by atoms with Gasteiger partial charge in [-0.2, -0.15) is 0 Å². The van der Waals surface area contributed by atoms with Crippen LogP contribution in [0.15, 0.2) is 93.4 Å². The van der Waals surface area contributed by atoms with Gasteiger partial charge in [-0.25, -0.2) is 9.69 Å². The predicted octanol–water partition coefficient (Wildman–Crippen LogP) is 6.32. The summed E-state index contributed by atoms with van der Waals surface area (Å²) >= 11 is 7.05. The number of barbiturate groups is 1. The zero-order chi connectivity index (χ0) is 26.1. The highest BCUT2D eigenvalue weighted by Crippen LogP contribution is 2.37. The van der Waals surface area contributed by atoms with E-state index in [1.54, 1.807) is 12.1 Å². The molecule has 9 heteroatoms. The first kappa shape index (κ1) is 24.7. The van der Waals surface area contributed by atoms with Crippen molar-refractivity contribution < 1.29 is 24.2 Å². The number of fused-ring (bicyclic) bond motifs is 1. The van der Waals surface area contributed by atoms with E-state index in [9.17, 15) is 19.5 Å². The first-order chi connectivity index (χ1) is 17.8. The Labute approximate surface area is 228 Å². The van der Waals surface area contributed by atoms with E-state index in [0.717, 1.165) is 21.2 Å². The number of anilines is 1. The first-order valence-electron chi connectivity index (χ1n) is 11.1. The summed E-state index contributed by atoms with van der Waals surface area (Å²) in [7, 11) is 0. The van der Waals surface area contributed by atoms with Crippen molar-refractivity contribution in [3.8, 4) is 11.5 Å². The van der Waals surface area contributed by atoms with Crippen LogP contribution in [-0.4, -0.2) is 23.0 Å². The van der Waals surface area contributed by atoms with Crippen LogP contribution in [0.4, 0.5) is 10.5 Å². The number of imide groups is 2. The van der Waals surface area contributed by atoms with Crippen molar-refractivity contribution in [3.05, 3.63) is 105 Å². The van der Waals surface area contributed by atoms with Gasteiger partial charge in [-0.3, -0.25) is 14.9 Å². The lowest BCUT2D eigenvalue weighted by Crippen LogP contribution is -2.54. The molecule has 1 heterocycles. The second kappa shape index (κ2) is 10.2. The van der Waals surface area contributed by atoms with E-state index in [0.29, 0.717) is 26.9 Å². The Balaban J connectivity index is 1.41. The fourth-order valence-electron chi connectivity index (χ4n) is 4.03. The van der Waals surface area contributed by atoms with Gasteiger partial charge in [0.15, 0.2) is 0 Å². The van der Waals surface area contributed by atoms with Gasteiger partial charge < -0.3 is 9.84 Å². The van der Waals surface area contributed by atoms with Gasteiger partial charge in [-0.05, 0) is 96.2 Å². The standard InChI is InChI=1S/C28H18Br2N2O5/c29-23-13-16(12-22-26(34)31-28(36)32(27(22)35)19-8-10-20(33)11-9-19)14-24(30)25(23)37-15-18-6-3-5-17-4-1-2-7-21(17)18/h1-14,33H,15H2,(H,31,34,36)/b22-12+. The van der Waals surface area contributed by atoms with E-state index in [2.05, 4.69) is 37.2 Å². The van der Waals surface area contributed by atoms with Gasteiger partial charge in [-0.1, -0.05) is 42.5 Å². The van der Waals surface area contributed by atoms with Crippen molar-refractivity contribution in [3.63, 3.8) is 0 Å². The van der Waals surface area contributed by atoms with Crippen molar-refractivity contribution in [1.82, 2.24) is 5.32 Å². The number of ether oxygens (including phenoxy) is 1. The van der Waals surface area contributed by atoms with Gasteiger partial charge >= 0.3 is 6.03 Å². The highest BCUT2D eigenvalue weighted by Gasteiger charge is 2.36. The number of nitrogens with one attached hydrogen (secondary N) is 1. The maximum absolute atomic E-state index is 13.1. The minimum absolute atomic E-state index is 0.0158. The fraction of sp³-hybridized carbons (Fsp3) is 0.0357. The minimum Gasteiger partial charge on any atom is -0.508 e. The number of nitrogens with zero attached hydrogens (tertiary/aromatic N) is 1. The average Bonchev–Trinajstić information content (AvgIpc) is 2.87. The van der Waals surface area contributed by atoms with Crippen LogP contribution in [0.3, 0.4) is 0 Å². The van der Waals surface area contributed by atoms with Crippen LogP contribution in [0.5, 0.6) is 11.5 Å². The van der Waals surface area contributed by atoms with Gasteiger partial charge in [0.1, 0.15) is 23.7 Å². The summed E-state index contributed by atoms with van der Waals surface area (Å²) in [6, 6.07) is 22.2. The summed E-state index contributed by atoms with van der Waals surface area (Å²) in [6.07, 6.45) is 1.40. The second-order valence-electron chi connectivity index (χ2n) is 8.21. The normalized spacial score (nSPS) is 14.8. The zero-order valence-electron chi connectivity index (χ0n) is 19.1. The molecule has 0 unspecified atom stereocenters. The molecule has 1 aliphatic heterocycles. The molecule has 0 radical (unpaired) electrons. The number of hydrogen-bond donors (Lipinski definition) is 2. The smallest absolute Gasteiger partial charge is 0.335 e. The number of benzene rings is 4. The Morgan fingerprint density at radius 1 is 0.892 bits per heavy atom. The summed E-state index contributed by atoms with van der Waals surface area (Å²) in [4.78, 5) is 38.8. The highest BCUT2D eigenvalue weighted by molar-refractivity contribution is 9.11. The molecule has 0 bridgehead atoms. The predicted molar refractivity (Wildman–Crippen MR) is 147 cm³/mol. The molecule has 7 nitrogen and oxygen atoms in total. The third-order valence-corrected chi connectivity index (χ3v) is 6.97. The quantitative estimate of drug-likeness (QED) is 0.201. The number of halogens is 2. The van der Waals surface area contributed by atoms with Crippen molar-refractivity contribution in [1.29, 1.82) is 0 Å². The maximum atomic E-state index is 13.1. The molecule has 1 aliphatic rings. The van der Waals surface area contributed by atoms with Gasteiger partial charge in [0.05, 0.1) is 14.6 Å². The lowest BCUT2D eigenvalue weighted by atomic mass is 10.1. The van der Waals surface area contributed by atoms with Crippen molar-refractivity contribution in [2.45, 2.75) is 6.61 Å². The Bertz CT molecular complexity index is 1570. The largest absolute Gasteiger partial charge is 0.508 e. The molecule has 1 saturated heterocycles. The topological polar surface area (TPSA) is 95.9 Å². The minimum atomic E-state index is -0.864. The number of urea groups is 1. The lowest BCUT2D eigenvalue weighted by Gasteiger charge is -2.26. The zero-order valence-corrected chi connectivity index (χ0v) is 22.2. The molecule has 0 aromatic heterocycles. The molecule has 0 spiro atoms. The van der Waals surface area contributed by atoms with Crippen LogP contribution in [0, 0.1) is 0 Å². The molecule has 2 N–H and O–H groups in total. The molecule has 37 heavy (non-hydrogen) atoms. The molecule has 0 atom stereocenters. The molecule has 1 fully saturated rings. The van der Waals surface area contributed by atoms with E-state index in [4.69, 9.17) is 4.74 Å². The Kier molecular flexibility index (Phi) is 6.82. The third kappa shape index (κ3) is 5.00. The molecule has 4 aromatic rings. The Hall–Kier alpha value is -3.95. The fourth-order valence-corrected chi connectivity index (χ4v) is 5.48. The van der Waals surface area contributed by atoms with E-state index < -0.39 is 17.8 Å².